The fourth-order valence-electron chi connectivity index (χ4n) is 1.18. The molecule has 1 atom stereocenters. The van der Waals surface area contributed by atoms with Crippen molar-refractivity contribution in [3.63, 3.8) is 0 Å². The third kappa shape index (κ3) is 3.32. The molecule has 1 heterocycles. The van der Waals surface area contributed by atoms with Crippen molar-refractivity contribution in [3.8, 4) is 0 Å². The van der Waals surface area contributed by atoms with Gasteiger partial charge in [-0.1, -0.05) is 6.08 Å². The number of allylic oxidation sites excluding steroid dienone is 1. The molecule has 0 aliphatic heterocycles. The molecule has 0 radical (unpaired) electrons. The quantitative estimate of drug-likeness (QED) is 0.702. The van der Waals surface area contributed by atoms with E-state index in [4.69, 9.17) is 0 Å². The lowest BCUT2D eigenvalue weighted by Gasteiger charge is -2.11. The summed E-state index contributed by atoms with van der Waals surface area (Å²) >= 11 is 0. The number of nitrogens with one attached hydrogen (secondary N) is 1. The largest absolute Gasteiger partial charge is 0.366 e. The molecule has 0 bridgehead atoms. The molecule has 1 aromatic heterocycles. The van der Waals surface area contributed by atoms with Gasteiger partial charge in [-0.15, -0.1) is 6.58 Å². The van der Waals surface area contributed by atoms with E-state index < -0.39 is 0 Å². The third-order valence-corrected chi connectivity index (χ3v) is 1.91. The number of aryl methyl sites for hydroxylation is 1. The van der Waals surface area contributed by atoms with Gasteiger partial charge in [-0.05, 0) is 19.8 Å². The average Bonchev–Trinajstić information content (AvgIpc) is 2.48. The number of hydrogen-bond acceptors (Lipinski definition) is 2. The van der Waals surface area contributed by atoms with E-state index >= 15 is 0 Å². The van der Waals surface area contributed by atoms with Crippen LogP contribution >= 0.6 is 0 Å². The van der Waals surface area contributed by atoms with Crippen LogP contribution in [0.15, 0.2) is 24.9 Å². The van der Waals surface area contributed by atoms with Gasteiger partial charge in [0, 0.05) is 25.4 Å². The molecule has 1 rings (SSSR count). The molecule has 1 N–H and O–H groups in total. The minimum atomic E-state index is 0.452. The first-order chi connectivity index (χ1) is 6.22. The van der Waals surface area contributed by atoms with Crippen LogP contribution in [0.4, 0.5) is 5.82 Å². The molecule has 3 nitrogen and oxygen atoms in total. The maximum absolute atomic E-state index is 4.24. The lowest BCUT2D eigenvalue weighted by atomic mass is 10.2. The second-order valence-electron chi connectivity index (χ2n) is 3.29. The van der Waals surface area contributed by atoms with Gasteiger partial charge in [-0.25, -0.2) is 0 Å². The topological polar surface area (TPSA) is 29.9 Å². The molecule has 0 amide bonds. The molecule has 0 spiro atoms. The van der Waals surface area contributed by atoms with Gasteiger partial charge in [0.15, 0.2) is 0 Å². The minimum absolute atomic E-state index is 0.452. The zero-order chi connectivity index (χ0) is 9.68. The predicted octanol–water partition coefficient (Wildman–Crippen LogP) is 2.19. The van der Waals surface area contributed by atoms with Gasteiger partial charge in [0.05, 0.1) is 0 Å². The lowest BCUT2D eigenvalue weighted by Crippen LogP contribution is -2.15. The van der Waals surface area contributed by atoms with Crippen LogP contribution in [0.1, 0.15) is 19.8 Å². The zero-order valence-electron chi connectivity index (χ0n) is 8.33. The summed E-state index contributed by atoms with van der Waals surface area (Å²) in [5, 5.41) is 7.56. The van der Waals surface area contributed by atoms with Crippen LogP contribution in [0.5, 0.6) is 0 Å². The van der Waals surface area contributed by atoms with E-state index in [1.165, 1.54) is 0 Å². The fourth-order valence-corrected chi connectivity index (χ4v) is 1.18. The Morgan fingerprint density at radius 1 is 1.77 bits per heavy atom. The van der Waals surface area contributed by atoms with Crippen LogP contribution < -0.4 is 5.32 Å². The Morgan fingerprint density at radius 3 is 3.08 bits per heavy atom. The van der Waals surface area contributed by atoms with E-state index in [0.717, 1.165) is 18.7 Å². The highest BCUT2D eigenvalue weighted by atomic mass is 15.3. The highest BCUT2D eigenvalue weighted by molar-refractivity contribution is 5.33. The summed E-state index contributed by atoms with van der Waals surface area (Å²) in [6.07, 6.45) is 6.01. The van der Waals surface area contributed by atoms with Crippen molar-refractivity contribution in [2.75, 3.05) is 5.32 Å². The minimum Gasteiger partial charge on any atom is -0.366 e. The summed E-state index contributed by atoms with van der Waals surface area (Å²) in [5.74, 6) is 0.944. The van der Waals surface area contributed by atoms with Crippen molar-refractivity contribution >= 4 is 5.82 Å². The molecule has 0 saturated carbocycles. The highest BCUT2D eigenvalue weighted by Gasteiger charge is 2.01. The van der Waals surface area contributed by atoms with Crippen molar-refractivity contribution in [1.29, 1.82) is 0 Å². The fraction of sp³-hybridized carbons (Fsp3) is 0.500. The number of aromatic nitrogens is 2. The van der Waals surface area contributed by atoms with Crippen LogP contribution in [0, 0.1) is 0 Å². The molecule has 0 aliphatic rings. The molecule has 0 saturated heterocycles. The van der Waals surface area contributed by atoms with E-state index in [1.807, 2.05) is 25.4 Å². The first kappa shape index (κ1) is 9.84. The second-order valence-corrected chi connectivity index (χ2v) is 3.29. The number of rotatable bonds is 5. The molecule has 72 valence electrons. The van der Waals surface area contributed by atoms with Gasteiger partial charge in [-0.2, -0.15) is 5.10 Å². The maximum Gasteiger partial charge on any atom is 0.148 e. The molecule has 0 aliphatic carbocycles. The van der Waals surface area contributed by atoms with E-state index in [0.29, 0.717) is 6.04 Å². The Bertz CT molecular complexity index is 265. The van der Waals surface area contributed by atoms with Crippen LogP contribution in [-0.2, 0) is 7.05 Å². The molecular weight excluding hydrogens is 162 g/mol. The Balaban J connectivity index is 2.35. The first-order valence-electron chi connectivity index (χ1n) is 4.59. The Labute approximate surface area is 79.5 Å². The van der Waals surface area contributed by atoms with E-state index in [-0.39, 0.29) is 0 Å². The van der Waals surface area contributed by atoms with Crippen LogP contribution in [0.3, 0.4) is 0 Å². The third-order valence-electron chi connectivity index (χ3n) is 1.91. The van der Waals surface area contributed by atoms with E-state index in [2.05, 4.69) is 23.9 Å². The molecule has 3 heteroatoms. The molecule has 13 heavy (non-hydrogen) atoms. The summed E-state index contributed by atoms with van der Waals surface area (Å²) in [5.41, 5.74) is 0. The average molecular weight is 179 g/mol. The summed E-state index contributed by atoms with van der Waals surface area (Å²) < 4.78 is 1.79. The molecule has 0 aromatic carbocycles. The lowest BCUT2D eigenvalue weighted by molar-refractivity contribution is 0.704. The maximum atomic E-state index is 4.24. The Morgan fingerprint density at radius 2 is 2.54 bits per heavy atom. The van der Waals surface area contributed by atoms with Crippen molar-refractivity contribution in [2.24, 2.45) is 7.05 Å². The molecular formula is C10H17N3. The van der Waals surface area contributed by atoms with Crippen molar-refractivity contribution in [1.82, 2.24) is 9.78 Å². The second kappa shape index (κ2) is 4.70. The van der Waals surface area contributed by atoms with Crippen molar-refractivity contribution in [3.05, 3.63) is 24.9 Å². The Kier molecular flexibility index (Phi) is 3.55. The van der Waals surface area contributed by atoms with Gasteiger partial charge < -0.3 is 5.32 Å². The zero-order valence-corrected chi connectivity index (χ0v) is 8.33. The number of hydrogen-bond donors (Lipinski definition) is 1. The molecule has 0 fully saturated rings. The number of nitrogens with zero attached hydrogens (tertiary/aromatic N) is 2. The Hall–Kier alpha value is -1.25. The van der Waals surface area contributed by atoms with Gasteiger partial charge in [0.25, 0.3) is 0 Å². The summed E-state index contributed by atoms with van der Waals surface area (Å²) in [6.45, 7) is 5.85. The summed E-state index contributed by atoms with van der Waals surface area (Å²) in [7, 11) is 1.92. The molecule has 1 aromatic rings. The van der Waals surface area contributed by atoms with Crippen LogP contribution in [0.25, 0.3) is 0 Å². The van der Waals surface area contributed by atoms with E-state index in [1.54, 1.807) is 4.68 Å². The molecule has 0 unspecified atom stereocenters. The summed E-state index contributed by atoms with van der Waals surface area (Å²) in [6, 6.07) is 2.43. The number of anilines is 1. The monoisotopic (exact) mass is 179 g/mol. The van der Waals surface area contributed by atoms with Gasteiger partial charge in [-0.3, -0.25) is 4.68 Å². The predicted molar refractivity (Wildman–Crippen MR) is 55.7 cm³/mol. The van der Waals surface area contributed by atoms with Gasteiger partial charge >= 0.3 is 0 Å². The first-order valence-corrected chi connectivity index (χ1v) is 4.59. The van der Waals surface area contributed by atoms with Crippen LogP contribution in [0.2, 0.25) is 0 Å². The van der Waals surface area contributed by atoms with Gasteiger partial charge in [0.2, 0.25) is 0 Å². The van der Waals surface area contributed by atoms with Crippen molar-refractivity contribution < 1.29 is 0 Å². The standard InChI is InChI=1S/C10H17N3/c1-4-5-6-9(2)11-10-7-8-13(3)12-10/h4,7-9H,1,5-6H2,2-3H3,(H,11,12)/t9-/m1/s1. The smallest absolute Gasteiger partial charge is 0.148 e. The normalized spacial score (nSPS) is 12.5. The summed E-state index contributed by atoms with van der Waals surface area (Å²) in [4.78, 5) is 0. The highest BCUT2D eigenvalue weighted by Crippen LogP contribution is 2.06. The van der Waals surface area contributed by atoms with Crippen molar-refractivity contribution in [2.45, 2.75) is 25.8 Å². The van der Waals surface area contributed by atoms with E-state index in [9.17, 15) is 0 Å². The van der Waals surface area contributed by atoms with Crippen LogP contribution in [-0.4, -0.2) is 15.8 Å². The SMILES string of the molecule is C=CCC[C@@H](C)Nc1ccn(C)n1. The van der Waals surface area contributed by atoms with Gasteiger partial charge in [0.1, 0.15) is 5.82 Å².